The highest BCUT2D eigenvalue weighted by molar-refractivity contribution is 5.02. The van der Waals surface area contributed by atoms with Gasteiger partial charge in [0.15, 0.2) is 5.79 Å². The van der Waals surface area contributed by atoms with E-state index in [4.69, 9.17) is 29.4 Å². The third kappa shape index (κ3) is 3.97. The minimum Gasteiger partial charge on any atom is -0.387 e. The van der Waals surface area contributed by atoms with Crippen molar-refractivity contribution in [3.63, 3.8) is 0 Å². The maximum absolute atomic E-state index is 10.3. The van der Waals surface area contributed by atoms with Crippen molar-refractivity contribution in [1.82, 2.24) is 0 Å². The molecule has 0 amide bonds. The summed E-state index contributed by atoms with van der Waals surface area (Å²) >= 11 is 0. The molecule has 130 valence electrons. The molecule has 0 bridgehead atoms. The Bertz CT molecular complexity index is 353. The van der Waals surface area contributed by atoms with Crippen LogP contribution in [0.4, 0.5) is 0 Å². The lowest BCUT2D eigenvalue weighted by Gasteiger charge is -2.28. The third-order valence-corrected chi connectivity index (χ3v) is 3.85. The first-order chi connectivity index (χ1) is 10.4. The average molecular weight is 319 g/mol. The molecule has 0 aromatic carbocycles. The number of aliphatic hydroxyl groups is 1. The summed E-state index contributed by atoms with van der Waals surface area (Å²) in [6.45, 7) is 7.77. The zero-order valence-corrected chi connectivity index (χ0v) is 13.7. The smallest absolute Gasteiger partial charge is 0.224 e. The van der Waals surface area contributed by atoms with Gasteiger partial charge in [-0.2, -0.15) is 0 Å². The summed E-state index contributed by atoms with van der Waals surface area (Å²) in [6, 6.07) is 0. The van der Waals surface area contributed by atoms with Crippen molar-refractivity contribution >= 4 is 0 Å². The molecule has 3 N–H and O–H groups in total. The molecule has 0 aliphatic carbocycles. The summed E-state index contributed by atoms with van der Waals surface area (Å²) in [5, 5.41) is 10.3. The maximum Gasteiger partial charge on any atom is 0.224 e. The van der Waals surface area contributed by atoms with Gasteiger partial charge in [0, 0.05) is 13.2 Å². The number of unbranched alkanes of at least 4 members (excludes halogenated alkanes) is 1. The molecule has 2 aliphatic heterocycles. The summed E-state index contributed by atoms with van der Waals surface area (Å²) in [6.07, 6.45) is 0.224. The van der Waals surface area contributed by atoms with Crippen LogP contribution in [0.3, 0.4) is 0 Å². The molecule has 4 atom stereocenters. The fourth-order valence-corrected chi connectivity index (χ4v) is 2.85. The van der Waals surface area contributed by atoms with Gasteiger partial charge in [-0.15, -0.1) is 0 Å². The number of hydrogen-bond acceptors (Lipinski definition) is 7. The van der Waals surface area contributed by atoms with Gasteiger partial charge in [0.1, 0.15) is 24.9 Å². The largest absolute Gasteiger partial charge is 0.387 e. The van der Waals surface area contributed by atoms with Gasteiger partial charge >= 0.3 is 0 Å². The van der Waals surface area contributed by atoms with Gasteiger partial charge in [-0.3, -0.25) is 0 Å². The summed E-state index contributed by atoms with van der Waals surface area (Å²) in [5.74, 6) is -1.93. The number of nitrogens with two attached hydrogens (primary N) is 1. The highest BCUT2D eigenvalue weighted by Gasteiger charge is 2.64. The van der Waals surface area contributed by atoms with Crippen molar-refractivity contribution in [3.05, 3.63) is 0 Å². The van der Waals surface area contributed by atoms with Gasteiger partial charge in [0.05, 0.1) is 13.2 Å². The Balaban J connectivity index is 1.83. The zero-order valence-electron chi connectivity index (χ0n) is 13.7. The van der Waals surface area contributed by atoms with E-state index >= 15 is 0 Å². The van der Waals surface area contributed by atoms with Gasteiger partial charge in [-0.25, -0.2) is 0 Å². The first-order valence-electron chi connectivity index (χ1n) is 8.03. The molecule has 0 unspecified atom stereocenters. The Hall–Kier alpha value is -0.280. The van der Waals surface area contributed by atoms with E-state index in [1.807, 2.05) is 0 Å². The number of fused-ring (bicyclic) bond motifs is 1. The summed E-state index contributed by atoms with van der Waals surface area (Å²) in [5.41, 5.74) is 5.62. The maximum atomic E-state index is 10.3. The summed E-state index contributed by atoms with van der Waals surface area (Å²) in [4.78, 5) is 0. The molecule has 0 saturated carbocycles. The van der Waals surface area contributed by atoms with Crippen molar-refractivity contribution in [2.45, 2.75) is 63.5 Å². The Kier molecular flexibility index (Phi) is 6.18. The topological polar surface area (TPSA) is 92.4 Å². The van der Waals surface area contributed by atoms with Crippen LogP contribution in [0.15, 0.2) is 0 Å². The van der Waals surface area contributed by atoms with E-state index in [-0.39, 0.29) is 13.2 Å². The molecule has 2 saturated heterocycles. The number of hydrogen-bond donors (Lipinski definition) is 2. The molecule has 7 nitrogen and oxygen atoms in total. The van der Waals surface area contributed by atoms with Gasteiger partial charge in [0.25, 0.3) is 0 Å². The van der Waals surface area contributed by atoms with E-state index < -0.39 is 29.9 Å². The lowest BCUT2D eigenvalue weighted by atomic mass is 10.1. The minimum absolute atomic E-state index is 0.172. The summed E-state index contributed by atoms with van der Waals surface area (Å²) < 4.78 is 28.6. The molecular weight excluding hydrogens is 290 g/mol. The molecule has 2 aliphatic rings. The fourth-order valence-electron chi connectivity index (χ4n) is 2.85. The van der Waals surface area contributed by atoms with Crippen LogP contribution < -0.4 is 5.73 Å². The van der Waals surface area contributed by atoms with Gasteiger partial charge in [0.2, 0.25) is 5.79 Å². The molecule has 2 fully saturated rings. The van der Waals surface area contributed by atoms with E-state index in [9.17, 15) is 5.11 Å². The van der Waals surface area contributed by atoms with E-state index in [1.54, 1.807) is 13.8 Å². The Labute approximate surface area is 132 Å². The zero-order chi connectivity index (χ0) is 16.2. The lowest BCUT2D eigenvalue weighted by Crippen LogP contribution is -2.45. The third-order valence-electron chi connectivity index (χ3n) is 3.85. The highest BCUT2D eigenvalue weighted by atomic mass is 16.9. The SMILES string of the molecule is CCCCOCCOC[C@@]12O[C@@H](CN)[C@@H](O)[C@@H]1OC(C)(C)O2. The van der Waals surface area contributed by atoms with Crippen LogP contribution in [0, 0.1) is 0 Å². The van der Waals surface area contributed by atoms with Gasteiger partial charge < -0.3 is 34.5 Å². The molecule has 2 rings (SSSR count). The lowest BCUT2D eigenvalue weighted by molar-refractivity contribution is -0.277. The van der Waals surface area contributed by atoms with Crippen LogP contribution in [0.1, 0.15) is 33.6 Å². The Morgan fingerprint density at radius 3 is 2.55 bits per heavy atom. The number of rotatable bonds is 9. The quantitative estimate of drug-likeness (QED) is 0.594. The monoisotopic (exact) mass is 319 g/mol. The van der Waals surface area contributed by atoms with E-state index in [0.29, 0.717) is 13.2 Å². The molecule has 0 aromatic heterocycles. The minimum atomic E-state index is -1.10. The second-order valence-corrected chi connectivity index (χ2v) is 6.25. The molecule has 0 aromatic rings. The van der Waals surface area contributed by atoms with Crippen LogP contribution in [0.5, 0.6) is 0 Å². The molecule has 0 spiro atoms. The predicted molar refractivity (Wildman–Crippen MR) is 79.2 cm³/mol. The van der Waals surface area contributed by atoms with E-state index in [0.717, 1.165) is 19.4 Å². The van der Waals surface area contributed by atoms with Crippen molar-refractivity contribution in [2.24, 2.45) is 5.73 Å². The highest BCUT2D eigenvalue weighted by Crippen LogP contribution is 2.45. The molecule has 22 heavy (non-hydrogen) atoms. The summed E-state index contributed by atoms with van der Waals surface area (Å²) in [7, 11) is 0. The number of ether oxygens (including phenoxy) is 5. The molecule has 7 heteroatoms. The Morgan fingerprint density at radius 1 is 1.14 bits per heavy atom. The van der Waals surface area contributed by atoms with Crippen LogP contribution in [-0.2, 0) is 23.7 Å². The standard InChI is InChI=1S/C15H29NO6/c1-4-5-6-18-7-8-19-10-15-13(21-14(2,3)22-15)12(17)11(9-16)20-15/h11-13,17H,4-10,16H2,1-3H3/t11-,12+,13-,15-/m0/s1. The molecule has 0 radical (unpaired) electrons. The van der Waals surface area contributed by atoms with Crippen molar-refractivity contribution in [2.75, 3.05) is 33.0 Å². The van der Waals surface area contributed by atoms with E-state index in [1.165, 1.54) is 0 Å². The van der Waals surface area contributed by atoms with Gasteiger partial charge in [-0.1, -0.05) is 13.3 Å². The van der Waals surface area contributed by atoms with Crippen LogP contribution >= 0.6 is 0 Å². The molecular formula is C15H29NO6. The van der Waals surface area contributed by atoms with Gasteiger partial charge in [-0.05, 0) is 20.3 Å². The molecule has 2 heterocycles. The predicted octanol–water partition coefficient (Wildman–Crippen LogP) is 0.386. The normalized spacial score (nSPS) is 36.7. The van der Waals surface area contributed by atoms with Crippen molar-refractivity contribution < 1.29 is 28.8 Å². The van der Waals surface area contributed by atoms with Crippen molar-refractivity contribution in [1.29, 1.82) is 0 Å². The van der Waals surface area contributed by atoms with E-state index in [2.05, 4.69) is 6.92 Å². The van der Waals surface area contributed by atoms with Crippen LogP contribution in [0.2, 0.25) is 0 Å². The first-order valence-corrected chi connectivity index (χ1v) is 8.03. The fraction of sp³-hybridized carbons (Fsp3) is 1.00. The number of aliphatic hydroxyl groups excluding tert-OH is 1. The average Bonchev–Trinajstić information content (AvgIpc) is 2.87. The van der Waals surface area contributed by atoms with Crippen LogP contribution in [-0.4, -0.2) is 68.0 Å². The second-order valence-electron chi connectivity index (χ2n) is 6.25. The second kappa shape index (κ2) is 7.53. The van der Waals surface area contributed by atoms with Crippen molar-refractivity contribution in [3.8, 4) is 0 Å². The Morgan fingerprint density at radius 2 is 1.86 bits per heavy atom. The first kappa shape index (κ1) is 18.1. The van der Waals surface area contributed by atoms with Crippen LogP contribution in [0.25, 0.3) is 0 Å².